The van der Waals surface area contributed by atoms with E-state index in [0.717, 1.165) is 11.8 Å². The van der Waals surface area contributed by atoms with E-state index in [2.05, 4.69) is 45.9 Å². The van der Waals surface area contributed by atoms with Crippen molar-refractivity contribution < 1.29 is 0 Å². The molecule has 1 saturated carbocycles. The Balaban J connectivity index is 2.33. The lowest BCUT2D eigenvalue weighted by Crippen LogP contribution is -1.79. The van der Waals surface area contributed by atoms with Gasteiger partial charge in [-0.25, -0.2) is 0 Å². The first-order chi connectivity index (χ1) is 5.59. The van der Waals surface area contributed by atoms with Gasteiger partial charge in [0.25, 0.3) is 0 Å². The monoisotopic (exact) mass is 164 g/mol. The van der Waals surface area contributed by atoms with E-state index in [1.54, 1.807) is 5.57 Å². The molecule has 1 aliphatic rings. The largest absolute Gasteiger partial charge is 0.0854 e. The molecular formula is C12H20. The van der Waals surface area contributed by atoms with Gasteiger partial charge in [-0.05, 0) is 18.3 Å². The van der Waals surface area contributed by atoms with Crippen LogP contribution in [0.3, 0.4) is 0 Å². The first-order valence-electron chi connectivity index (χ1n) is 4.98. The fraction of sp³-hybridized carbons (Fsp3) is 0.667. The van der Waals surface area contributed by atoms with Crippen molar-refractivity contribution in [2.75, 3.05) is 0 Å². The van der Waals surface area contributed by atoms with Gasteiger partial charge in [-0.15, -0.1) is 0 Å². The van der Waals surface area contributed by atoms with Crippen LogP contribution >= 0.6 is 0 Å². The SMILES string of the molecule is CC(C)C=CC1CC1=CC(C)C. The molecule has 0 saturated heterocycles. The minimum absolute atomic E-state index is 0.700. The molecular weight excluding hydrogens is 144 g/mol. The third-order valence-corrected chi connectivity index (χ3v) is 2.05. The van der Waals surface area contributed by atoms with E-state index in [4.69, 9.17) is 0 Å². The van der Waals surface area contributed by atoms with Crippen molar-refractivity contribution in [1.29, 1.82) is 0 Å². The molecule has 1 fully saturated rings. The molecule has 1 unspecified atom stereocenters. The van der Waals surface area contributed by atoms with Crippen LogP contribution in [0.1, 0.15) is 34.1 Å². The van der Waals surface area contributed by atoms with Crippen LogP contribution in [0.15, 0.2) is 23.8 Å². The van der Waals surface area contributed by atoms with Gasteiger partial charge in [0.15, 0.2) is 0 Å². The lowest BCUT2D eigenvalue weighted by Gasteiger charge is -1.92. The zero-order valence-corrected chi connectivity index (χ0v) is 8.67. The second kappa shape index (κ2) is 3.93. The van der Waals surface area contributed by atoms with Crippen LogP contribution in [0.4, 0.5) is 0 Å². The summed E-state index contributed by atoms with van der Waals surface area (Å²) in [5, 5.41) is 0. The minimum Gasteiger partial charge on any atom is -0.0854 e. The molecule has 0 N–H and O–H groups in total. The Morgan fingerprint density at radius 2 is 1.83 bits per heavy atom. The normalized spacial score (nSPS) is 26.5. The summed E-state index contributed by atoms with van der Waals surface area (Å²) in [5.74, 6) is 2.21. The summed E-state index contributed by atoms with van der Waals surface area (Å²) in [5.41, 5.74) is 1.64. The number of hydrogen-bond donors (Lipinski definition) is 0. The second-order valence-corrected chi connectivity index (χ2v) is 4.43. The van der Waals surface area contributed by atoms with Crippen molar-refractivity contribution in [3.05, 3.63) is 23.8 Å². The average molecular weight is 164 g/mol. The average Bonchev–Trinajstić information content (AvgIpc) is 2.62. The molecule has 68 valence electrons. The highest BCUT2D eigenvalue weighted by Crippen LogP contribution is 2.39. The molecule has 1 rings (SSSR count). The van der Waals surface area contributed by atoms with Crippen LogP contribution in [0.5, 0.6) is 0 Å². The molecule has 1 atom stereocenters. The minimum atomic E-state index is 0.700. The van der Waals surface area contributed by atoms with E-state index in [1.165, 1.54) is 6.42 Å². The molecule has 0 spiro atoms. The highest BCUT2D eigenvalue weighted by Gasteiger charge is 2.26. The molecule has 1 aliphatic carbocycles. The van der Waals surface area contributed by atoms with Crippen LogP contribution in [0.25, 0.3) is 0 Å². The highest BCUT2D eigenvalue weighted by atomic mass is 14.3. The van der Waals surface area contributed by atoms with Crippen molar-refractivity contribution in [3.8, 4) is 0 Å². The predicted molar refractivity (Wildman–Crippen MR) is 55.0 cm³/mol. The Morgan fingerprint density at radius 1 is 1.17 bits per heavy atom. The Morgan fingerprint density at radius 3 is 2.33 bits per heavy atom. The van der Waals surface area contributed by atoms with E-state index >= 15 is 0 Å². The standard InChI is InChI=1S/C12H20/c1-9(2)5-6-11-8-12(11)7-10(3)4/h5-7,9-11H,8H2,1-4H3. The van der Waals surface area contributed by atoms with Gasteiger partial charge in [-0.2, -0.15) is 0 Å². The smallest absolute Gasteiger partial charge is 0.00146 e. The Bertz CT molecular complexity index is 194. The van der Waals surface area contributed by atoms with Crippen LogP contribution in [-0.4, -0.2) is 0 Å². The Hall–Kier alpha value is -0.520. The van der Waals surface area contributed by atoms with Crippen molar-refractivity contribution in [1.82, 2.24) is 0 Å². The summed E-state index contributed by atoms with van der Waals surface area (Å²) in [6, 6.07) is 0. The van der Waals surface area contributed by atoms with Gasteiger partial charge in [0.2, 0.25) is 0 Å². The summed E-state index contributed by atoms with van der Waals surface area (Å²) in [6.45, 7) is 8.94. The first kappa shape index (κ1) is 9.57. The number of allylic oxidation sites excluding steroid dienone is 4. The molecule has 12 heavy (non-hydrogen) atoms. The molecule has 0 aromatic carbocycles. The number of rotatable bonds is 3. The summed E-state index contributed by atoms with van der Waals surface area (Å²) < 4.78 is 0. The summed E-state index contributed by atoms with van der Waals surface area (Å²) in [4.78, 5) is 0. The summed E-state index contributed by atoms with van der Waals surface area (Å²) in [7, 11) is 0. The second-order valence-electron chi connectivity index (χ2n) is 4.43. The molecule has 0 bridgehead atoms. The van der Waals surface area contributed by atoms with Crippen LogP contribution in [0.2, 0.25) is 0 Å². The van der Waals surface area contributed by atoms with Gasteiger partial charge < -0.3 is 0 Å². The van der Waals surface area contributed by atoms with Crippen molar-refractivity contribution in [2.45, 2.75) is 34.1 Å². The fourth-order valence-electron chi connectivity index (χ4n) is 1.36. The molecule has 0 heteroatoms. The van der Waals surface area contributed by atoms with Crippen molar-refractivity contribution in [3.63, 3.8) is 0 Å². The van der Waals surface area contributed by atoms with E-state index in [0.29, 0.717) is 5.92 Å². The summed E-state index contributed by atoms with van der Waals surface area (Å²) >= 11 is 0. The molecule has 0 radical (unpaired) electrons. The quantitative estimate of drug-likeness (QED) is 0.556. The van der Waals surface area contributed by atoms with Crippen molar-refractivity contribution >= 4 is 0 Å². The van der Waals surface area contributed by atoms with Gasteiger partial charge >= 0.3 is 0 Å². The molecule has 0 nitrogen and oxygen atoms in total. The van der Waals surface area contributed by atoms with Crippen LogP contribution in [0, 0.1) is 17.8 Å². The van der Waals surface area contributed by atoms with E-state index in [1.807, 2.05) is 0 Å². The van der Waals surface area contributed by atoms with Gasteiger partial charge in [-0.3, -0.25) is 0 Å². The Labute approximate surface area is 76.4 Å². The third kappa shape index (κ3) is 3.25. The molecule has 0 heterocycles. The number of hydrogen-bond acceptors (Lipinski definition) is 0. The topological polar surface area (TPSA) is 0 Å². The van der Waals surface area contributed by atoms with Gasteiger partial charge in [0, 0.05) is 5.92 Å². The third-order valence-electron chi connectivity index (χ3n) is 2.05. The predicted octanol–water partition coefficient (Wildman–Crippen LogP) is 3.80. The van der Waals surface area contributed by atoms with Crippen LogP contribution in [-0.2, 0) is 0 Å². The molecule has 0 aliphatic heterocycles. The van der Waals surface area contributed by atoms with E-state index < -0.39 is 0 Å². The van der Waals surface area contributed by atoms with Gasteiger partial charge in [-0.1, -0.05) is 51.5 Å². The first-order valence-corrected chi connectivity index (χ1v) is 4.98. The fourth-order valence-corrected chi connectivity index (χ4v) is 1.36. The maximum atomic E-state index is 2.40. The van der Waals surface area contributed by atoms with E-state index in [9.17, 15) is 0 Å². The lowest BCUT2D eigenvalue weighted by molar-refractivity contribution is 0.820. The van der Waals surface area contributed by atoms with Crippen molar-refractivity contribution in [2.24, 2.45) is 17.8 Å². The molecule has 0 amide bonds. The summed E-state index contributed by atoms with van der Waals surface area (Å²) in [6.07, 6.45) is 8.38. The van der Waals surface area contributed by atoms with Gasteiger partial charge in [0.1, 0.15) is 0 Å². The maximum absolute atomic E-state index is 2.40. The lowest BCUT2D eigenvalue weighted by atomic mass is 10.1. The Kier molecular flexibility index (Phi) is 3.13. The van der Waals surface area contributed by atoms with E-state index in [-0.39, 0.29) is 0 Å². The molecule has 0 aromatic heterocycles. The zero-order chi connectivity index (χ0) is 9.14. The highest BCUT2D eigenvalue weighted by molar-refractivity contribution is 5.29. The molecule has 0 aromatic rings. The zero-order valence-electron chi connectivity index (χ0n) is 8.67. The van der Waals surface area contributed by atoms with Gasteiger partial charge in [0.05, 0.1) is 0 Å². The van der Waals surface area contributed by atoms with Crippen LogP contribution < -0.4 is 0 Å². The maximum Gasteiger partial charge on any atom is 0.00146 e.